The van der Waals surface area contributed by atoms with Gasteiger partial charge in [-0.3, -0.25) is 9.36 Å². The Morgan fingerprint density at radius 2 is 1.94 bits per heavy atom. The molecule has 6 nitrogen and oxygen atoms in total. The van der Waals surface area contributed by atoms with Gasteiger partial charge < -0.3 is 10.1 Å². The molecule has 3 aromatic carbocycles. The molecule has 4 rings (SSSR count). The lowest BCUT2D eigenvalue weighted by atomic mass is 10.1. The van der Waals surface area contributed by atoms with Gasteiger partial charge in [0.1, 0.15) is 12.4 Å². The van der Waals surface area contributed by atoms with Gasteiger partial charge in [-0.25, -0.2) is 0 Å². The van der Waals surface area contributed by atoms with Crippen molar-refractivity contribution in [1.29, 1.82) is 0 Å². The zero-order valence-electron chi connectivity index (χ0n) is 17.8. The van der Waals surface area contributed by atoms with E-state index in [1.54, 1.807) is 6.08 Å². The maximum absolute atomic E-state index is 12.6. The number of aromatic nitrogens is 3. The van der Waals surface area contributed by atoms with Crippen LogP contribution >= 0.6 is 11.8 Å². The van der Waals surface area contributed by atoms with Crippen LogP contribution in [0.2, 0.25) is 0 Å². The van der Waals surface area contributed by atoms with Crippen LogP contribution < -0.4 is 10.1 Å². The number of hydrogen-bond acceptors (Lipinski definition) is 5. The highest BCUT2D eigenvalue weighted by atomic mass is 32.2. The number of hydrogen-bond donors (Lipinski definition) is 1. The fraction of sp³-hybridized carbons (Fsp3) is 0.160. The van der Waals surface area contributed by atoms with Crippen molar-refractivity contribution in [3.05, 3.63) is 90.8 Å². The minimum Gasteiger partial charge on any atom is -0.486 e. The van der Waals surface area contributed by atoms with Crippen molar-refractivity contribution in [1.82, 2.24) is 14.8 Å². The van der Waals surface area contributed by atoms with Gasteiger partial charge in [0.2, 0.25) is 5.91 Å². The first kappa shape index (κ1) is 21.6. The van der Waals surface area contributed by atoms with E-state index in [4.69, 9.17) is 4.74 Å². The minimum absolute atomic E-state index is 0.0999. The second kappa shape index (κ2) is 10.2. The molecule has 0 unspecified atom stereocenters. The highest BCUT2D eigenvalue weighted by Crippen LogP contribution is 2.24. The summed E-state index contributed by atoms with van der Waals surface area (Å²) in [5.74, 6) is 1.58. The quantitative estimate of drug-likeness (QED) is 0.283. The third-order valence-electron chi connectivity index (χ3n) is 4.86. The third kappa shape index (κ3) is 5.18. The lowest BCUT2D eigenvalue weighted by molar-refractivity contribution is -0.113. The number of allylic oxidation sites excluding steroid dienone is 1. The number of nitrogens with one attached hydrogen (secondary N) is 1. The third-order valence-corrected chi connectivity index (χ3v) is 5.83. The number of aryl methyl sites for hydroxylation is 1. The molecule has 0 spiro atoms. The van der Waals surface area contributed by atoms with Crippen LogP contribution in [0.25, 0.3) is 10.8 Å². The number of thioether (sulfide) groups is 1. The molecule has 1 heterocycles. The van der Waals surface area contributed by atoms with Crippen molar-refractivity contribution < 1.29 is 9.53 Å². The number of nitrogens with zero attached hydrogens (tertiary/aromatic N) is 3. The molecular weight excluding hydrogens is 420 g/mol. The van der Waals surface area contributed by atoms with Crippen molar-refractivity contribution in [2.45, 2.75) is 25.2 Å². The minimum atomic E-state index is -0.0999. The Morgan fingerprint density at radius 1 is 1.12 bits per heavy atom. The first-order valence-corrected chi connectivity index (χ1v) is 11.3. The van der Waals surface area contributed by atoms with Gasteiger partial charge >= 0.3 is 0 Å². The Hall–Kier alpha value is -3.58. The maximum atomic E-state index is 12.6. The largest absolute Gasteiger partial charge is 0.486 e. The number of rotatable bonds is 9. The molecule has 0 atom stereocenters. The number of anilines is 1. The second-order valence-electron chi connectivity index (χ2n) is 7.27. The molecule has 1 aromatic heterocycles. The SMILES string of the molecule is C=CCn1c(COc2cccc(C)c2)nnc1SCC(=O)Nc1cccc2ccccc12. The van der Waals surface area contributed by atoms with E-state index in [9.17, 15) is 4.79 Å². The van der Waals surface area contributed by atoms with Gasteiger partial charge in [0.15, 0.2) is 11.0 Å². The van der Waals surface area contributed by atoms with Crippen molar-refractivity contribution in [3.8, 4) is 5.75 Å². The van der Waals surface area contributed by atoms with Crippen molar-refractivity contribution in [2.24, 2.45) is 0 Å². The second-order valence-corrected chi connectivity index (χ2v) is 8.21. The van der Waals surface area contributed by atoms with Gasteiger partial charge in [-0.1, -0.05) is 66.4 Å². The number of ether oxygens (including phenoxy) is 1. The van der Waals surface area contributed by atoms with Crippen molar-refractivity contribution in [3.63, 3.8) is 0 Å². The molecular formula is C25H24N4O2S. The molecule has 7 heteroatoms. The smallest absolute Gasteiger partial charge is 0.234 e. The summed E-state index contributed by atoms with van der Waals surface area (Å²) in [5.41, 5.74) is 1.93. The first-order chi connectivity index (χ1) is 15.6. The predicted molar refractivity (Wildman–Crippen MR) is 129 cm³/mol. The molecule has 1 amide bonds. The molecule has 0 aliphatic carbocycles. The van der Waals surface area contributed by atoms with Gasteiger partial charge in [0, 0.05) is 17.6 Å². The van der Waals surface area contributed by atoms with Gasteiger partial charge in [0.25, 0.3) is 0 Å². The van der Waals surface area contributed by atoms with Crippen molar-refractivity contribution >= 4 is 34.1 Å². The average molecular weight is 445 g/mol. The van der Waals surface area contributed by atoms with Crippen LogP contribution in [-0.4, -0.2) is 26.4 Å². The Bertz CT molecular complexity index is 1250. The van der Waals surface area contributed by atoms with E-state index >= 15 is 0 Å². The van der Waals surface area contributed by atoms with Gasteiger partial charge in [0.05, 0.1) is 5.75 Å². The Kier molecular flexibility index (Phi) is 6.87. The summed E-state index contributed by atoms with van der Waals surface area (Å²) in [7, 11) is 0. The molecule has 0 aliphatic rings. The number of fused-ring (bicyclic) bond motifs is 1. The van der Waals surface area contributed by atoms with Crippen LogP contribution in [0.1, 0.15) is 11.4 Å². The van der Waals surface area contributed by atoms with Crippen LogP contribution in [0.15, 0.2) is 84.5 Å². The summed E-state index contributed by atoms with van der Waals surface area (Å²) in [6.45, 7) is 6.66. The molecule has 1 N–H and O–H groups in total. The lowest BCUT2D eigenvalue weighted by Gasteiger charge is -2.10. The maximum Gasteiger partial charge on any atom is 0.234 e. The molecule has 0 saturated heterocycles. The summed E-state index contributed by atoms with van der Waals surface area (Å²) in [5, 5.41) is 14.3. The van der Waals surface area contributed by atoms with E-state index in [-0.39, 0.29) is 18.3 Å². The number of amides is 1. The van der Waals surface area contributed by atoms with E-state index < -0.39 is 0 Å². The van der Waals surface area contributed by atoms with Crippen LogP contribution in [0.4, 0.5) is 5.69 Å². The zero-order valence-corrected chi connectivity index (χ0v) is 18.6. The average Bonchev–Trinajstić information content (AvgIpc) is 3.18. The molecule has 0 radical (unpaired) electrons. The molecule has 0 aliphatic heterocycles. The standard InChI is InChI=1S/C25H24N4O2S/c1-3-14-29-23(16-31-20-11-6-8-18(2)15-20)27-28-25(29)32-17-24(30)26-22-13-7-10-19-9-4-5-12-21(19)22/h3-13,15H,1,14,16-17H2,2H3,(H,26,30). The van der Waals surface area contributed by atoms with Crippen LogP contribution in [0.5, 0.6) is 5.75 Å². The molecule has 0 bridgehead atoms. The monoisotopic (exact) mass is 444 g/mol. The van der Waals surface area contributed by atoms with Gasteiger partial charge in [-0.05, 0) is 36.1 Å². The first-order valence-electron chi connectivity index (χ1n) is 10.3. The van der Waals surface area contributed by atoms with Gasteiger partial charge in [-0.2, -0.15) is 0 Å². The highest BCUT2D eigenvalue weighted by molar-refractivity contribution is 7.99. The summed E-state index contributed by atoms with van der Waals surface area (Å²) in [6, 6.07) is 21.7. The van der Waals surface area contributed by atoms with E-state index in [0.29, 0.717) is 17.5 Å². The van der Waals surface area contributed by atoms with E-state index in [1.165, 1.54) is 11.8 Å². The summed E-state index contributed by atoms with van der Waals surface area (Å²) in [4.78, 5) is 12.6. The van der Waals surface area contributed by atoms with Crippen LogP contribution in [-0.2, 0) is 17.9 Å². The molecule has 4 aromatic rings. The van der Waals surface area contributed by atoms with E-state index in [1.807, 2.05) is 78.2 Å². The lowest BCUT2D eigenvalue weighted by Crippen LogP contribution is -2.15. The highest BCUT2D eigenvalue weighted by Gasteiger charge is 2.15. The summed E-state index contributed by atoms with van der Waals surface area (Å²) < 4.78 is 7.79. The molecule has 0 saturated carbocycles. The van der Waals surface area contributed by atoms with Crippen molar-refractivity contribution in [2.75, 3.05) is 11.1 Å². The van der Waals surface area contributed by atoms with Crippen LogP contribution in [0, 0.1) is 6.92 Å². The Balaban J connectivity index is 1.41. The fourth-order valence-electron chi connectivity index (χ4n) is 3.35. The zero-order chi connectivity index (χ0) is 22.3. The fourth-order valence-corrected chi connectivity index (χ4v) is 4.12. The topological polar surface area (TPSA) is 69.0 Å². The Labute approximate surface area is 191 Å². The molecule has 162 valence electrons. The number of carbonyl (C=O) groups excluding carboxylic acids is 1. The molecule has 32 heavy (non-hydrogen) atoms. The number of benzene rings is 3. The normalized spacial score (nSPS) is 10.8. The predicted octanol–water partition coefficient (Wildman–Crippen LogP) is 5.24. The van der Waals surface area contributed by atoms with E-state index in [0.717, 1.165) is 27.8 Å². The summed E-state index contributed by atoms with van der Waals surface area (Å²) >= 11 is 1.34. The number of carbonyl (C=O) groups is 1. The molecule has 0 fully saturated rings. The van der Waals surface area contributed by atoms with E-state index in [2.05, 4.69) is 22.1 Å². The Morgan fingerprint density at radius 3 is 2.78 bits per heavy atom. The summed E-state index contributed by atoms with van der Waals surface area (Å²) in [6.07, 6.45) is 1.78. The van der Waals surface area contributed by atoms with Gasteiger partial charge in [-0.15, -0.1) is 16.8 Å². The van der Waals surface area contributed by atoms with Crippen LogP contribution in [0.3, 0.4) is 0 Å².